The van der Waals surface area contributed by atoms with Gasteiger partial charge in [0.2, 0.25) is 0 Å². The lowest BCUT2D eigenvalue weighted by Crippen LogP contribution is -2.31. The predicted octanol–water partition coefficient (Wildman–Crippen LogP) is 3.49. The second-order valence-corrected chi connectivity index (χ2v) is 9.15. The maximum Gasteiger partial charge on any atom is 0.337 e. The number of carbonyl (C=O) groups is 1. The van der Waals surface area contributed by atoms with Gasteiger partial charge < -0.3 is 9.47 Å². The van der Waals surface area contributed by atoms with Gasteiger partial charge in [-0.1, -0.05) is 38.3 Å². The summed E-state index contributed by atoms with van der Waals surface area (Å²) < 4.78 is 38.6. The third-order valence-corrected chi connectivity index (χ3v) is 5.41. The first-order valence-corrected chi connectivity index (χ1v) is 11.3. The molecule has 0 N–H and O–H groups in total. The van der Waals surface area contributed by atoms with Crippen LogP contribution in [0.25, 0.3) is 0 Å². The largest absolute Gasteiger partial charge is 0.493 e. The second-order valence-electron chi connectivity index (χ2n) is 7.55. The first-order chi connectivity index (χ1) is 12.7. The molecule has 27 heavy (non-hydrogen) atoms. The maximum atomic E-state index is 12.0. The van der Waals surface area contributed by atoms with E-state index in [0.717, 1.165) is 17.6 Å². The van der Waals surface area contributed by atoms with Crippen LogP contribution in [0.2, 0.25) is 0 Å². The molecule has 1 saturated carbocycles. The summed E-state index contributed by atoms with van der Waals surface area (Å²) in [6.07, 6.45) is 6.05. The van der Waals surface area contributed by atoms with Crippen LogP contribution in [0.5, 0.6) is 5.75 Å². The molecular weight excluding hydrogens is 368 g/mol. The van der Waals surface area contributed by atoms with E-state index in [9.17, 15) is 13.2 Å². The highest BCUT2D eigenvalue weighted by Gasteiger charge is 2.28. The van der Waals surface area contributed by atoms with Crippen molar-refractivity contribution in [2.75, 3.05) is 19.5 Å². The van der Waals surface area contributed by atoms with Crippen molar-refractivity contribution < 1.29 is 26.9 Å². The molecule has 1 aliphatic carbocycles. The SMILES string of the molecule is CCOC(=O)C(Cc1ccc(OCC2(C)CCCCC2)cc1)OS(C)(=O)=O. The Morgan fingerprint density at radius 3 is 2.33 bits per heavy atom. The van der Waals surface area contributed by atoms with Crippen molar-refractivity contribution in [3.63, 3.8) is 0 Å². The van der Waals surface area contributed by atoms with Crippen molar-refractivity contribution in [1.29, 1.82) is 0 Å². The van der Waals surface area contributed by atoms with E-state index in [2.05, 4.69) is 6.92 Å². The van der Waals surface area contributed by atoms with Gasteiger partial charge in [-0.2, -0.15) is 8.42 Å². The number of ether oxygens (including phenoxy) is 2. The van der Waals surface area contributed by atoms with Gasteiger partial charge in [0, 0.05) is 11.8 Å². The molecule has 152 valence electrons. The van der Waals surface area contributed by atoms with E-state index in [-0.39, 0.29) is 18.4 Å². The molecule has 0 radical (unpaired) electrons. The zero-order valence-corrected chi connectivity index (χ0v) is 17.2. The van der Waals surface area contributed by atoms with Crippen LogP contribution >= 0.6 is 0 Å². The molecule has 1 unspecified atom stereocenters. The van der Waals surface area contributed by atoms with Crippen LogP contribution in [0.1, 0.15) is 51.5 Å². The number of benzene rings is 1. The maximum absolute atomic E-state index is 12.0. The van der Waals surface area contributed by atoms with E-state index in [0.29, 0.717) is 6.61 Å². The van der Waals surface area contributed by atoms with Crippen LogP contribution in [-0.4, -0.2) is 40.0 Å². The normalized spacial score (nSPS) is 17.9. The molecule has 6 nitrogen and oxygen atoms in total. The summed E-state index contributed by atoms with van der Waals surface area (Å²) in [6.45, 7) is 4.78. The van der Waals surface area contributed by atoms with Gasteiger partial charge in [0.1, 0.15) is 5.75 Å². The minimum absolute atomic E-state index is 0.115. The third kappa shape index (κ3) is 7.50. The van der Waals surface area contributed by atoms with Gasteiger partial charge >= 0.3 is 5.97 Å². The standard InChI is InChI=1S/C20H30O6S/c1-4-24-19(21)18(26-27(3,22)23)14-16-8-10-17(11-9-16)25-15-20(2)12-6-5-7-13-20/h8-11,18H,4-7,12-15H2,1-3H3. The summed E-state index contributed by atoms with van der Waals surface area (Å²) >= 11 is 0. The second kappa shape index (κ2) is 9.55. The molecule has 0 spiro atoms. The average Bonchev–Trinajstić information content (AvgIpc) is 2.60. The molecule has 0 saturated heterocycles. The summed E-state index contributed by atoms with van der Waals surface area (Å²) in [5.41, 5.74) is 1.00. The van der Waals surface area contributed by atoms with Gasteiger partial charge in [-0.3, -0.25) is 4.18 Å². The molecule has 0 aromatic heterocycles. The fraction of sp³-hybridized carbons (Fsp3) is 0.650. The molecule has 1 aromatic carbocycles. The Bertz CT molecular complexity index is 704. The Morgan fingerprint density at radius 2 is 1.78 bits per heavy atom. The summed E-state index contributed by atoms with van der Waals surface area (Å²) in [5.74, 6) is 0.0794. The molecule has 1 aliphatic rings. The molecule has 0 aliphatic heterocycles. The van der Waals surface area contributed by atoms with Crippen LogP contribution < -0.4 is 4.74 Å². The highest BCUT2D eigenvalue weighted by Crippen LogP contribution is 2.36. The summed E-state index contributed by atoms with van der Waals surface area (Å²) in [7, 11) is -3.77. The Kier molecular flexibility index (Phi) is 7.68. The monoisotopic (exact) mass is 398 g/mol. The van der Waals surface area contributed by atoms with Crippen LogP contribution in [0, 0.1) is 5.41 Å². The molecule has 1 atom stereocenters. The van der Waals surface area contributed by atoms with Crippen molar-refractivity contribution >= 4 is 16.1 Å². The quantitative estimate of drug-likeness (QED) is 0.468. The van der Waals surface area contributed by atoms with Crippen LogP contribution in [0.3, 0.4) is 0 Å². The lowest BCUT2D eigenvalue weighted by Gasteiger charge is -2.33. The van der Waals surface area contributed by atoms with E-state index in [1.807, 2.05) is 24.3 Å². The fourth-order valence-electron chi connectivity index (χ4n) is 3.35. The minimum Gasteiger partial charge on any atom is -0.493 e. The molecule has 1 fully saturated rings. The molecule has 1 aromatic rings. The van der Waals surface area contributed by atoms with Crippen LogP contribution in [-0.2, 0) is 30.3 Å². The zero-order chi connectivity index (χ0) is 19.9. The topological polar surface area (TPSA) is 78.9 Å². The summed E-state index contributed by atoms with van der Waals surface area (Å²) in [5, 5.41) is 0. The van der Waals surface area contributed by atoms with E-state index in [4.69, 9.17) is 13.7 Å². The number of carbonyl (C=O) groups excluding carboxylic acids is 1. The number of hydrogen-bond donors (Lipinski definition) is 0. The van der Waals surface area contributed by atoms with Gasteiger partial charge in [0.25, 0.3) is 10.1 Å². The molecule has 0 heterocycles. The molecule has 0 bridgehead atoms. The Labute approximate surface area is 162 Å². The van der Waals surface area contributed by atoms with Gasteiger partial charge in [0.05, 0.1) is 19.5 Å². The van der Waals surface area contributed by atoms with Crippen LogP contribution in [0.15, 0.2) is 24.3 Å². The van der Waals surface area contributed by atoms with E-state index in [1.165, 1.54) is 32.1 Å². The zero-order valence-electron chi connectivity index (χ0n) is 16.4. The van der Waals surface area contributed by atoms with Crippen molar-refractivity contribution in [2.45, 2.75) is 58.5 Å². The van der Waals surface area contributed by atoms with Crippen molar-refractivity contribution in [1.82, 2.24) is 0 Å². The highest BCUT2D eigenvalue weighted by atomic mass is 32.2. The van der Waals surface area contributed by atoms with Crippen molar-refractivity contribution in [3.8, 4) is 5.75 Å². The number of hydrogen-bond acceptors (Lipinski definition) is 6. The van der Waals surface area contributed by atoms with Crippen molar-refractivity contribution in [3.05, 3.63) is 29.8 Å². The summed E-state index contributed by atoms with van der Waals surface area (Å²) in [6, 6.07) is 7.31. The van der Waals surface area contributed by atoms with Crippen molar-refractivity contribution in [2.24, 2.45) is 5.41 Å². The van der Waals surface area contributed by atoms with Gasteiger partial charge in [-0.25, -0.2) is 4.79 Å². The van der Waals surface area contributed by atoms with E-state index < -0.39 is 22.2 Å². The first kappa shape index (κ1) is 21.7. The average molecular weight is 399 g/mol. The van der Waals surface area contributed by atoms with E-state index >= 15 is 0 Å². The Hall–Kier alpha value is -1.60. The lowest BCUT2D eigenvalue weighted by atomic mass is 9.76. The molecular formula is C20H30O6S. The minimum atomic E-state index is -3.77. The molecule has 0 amide bonds. The third-order valence-electron chi connectivity index (χ3n) is 4.83. The van der Waals surface area contributed by atoms with Gasteiger partial charge in [-0.15, -0.1) is 0 Å². The number of rotatable bonds is 9. The lowest BCUT2D eigenvalue weighted by molar-refractivity contribution is -0.151. The first-order valence-electron chi connectivity index (χ1n) is 9.47. The Balaban J connectivity index is 1.96. The Morgan fingerprint density at radius 1 is 1.15 bits per heavy atom. The number of esters is 1. The highest BCUT2D eigenvalue weighted by molar-refractivity contribution is 7.86. The molecule has 2 rings (SSSR count). The van der Waals surface area contributed by atoms with E-state index in [1.54, 1.807) is 6.92 Å². The van der Waals surface area contributed by atoms with Crippen LogP contribution in [0.4, 0.5) is 0 Å². The van der Waals surface area contributed by atoms with Gasteiger partial charge in [0.15, 0.2) is 6.10 Å². The fourth-order valence-corrected chi connectivity index (χ4v) is 3.91. The van der Waals surface area contributed by atoms with Gasteiger partial charge in [-0.05, 0) is 37.5 Å². The predicted molar refractivity (Wildman–Crippen MR) is 103 cm³/mol. The smallest absolute Gasteiger partial charge is 0.337 e. The molecule has 7 heteroatoms. The summed E-state index contributed by atoms with van der Waals surface area (Å²) in [4.78, 5) is 12.0.